The fourth-order valence-corrected chi connectivity index (χ4v) is 8.14. The summed E-state index contributed by atoms with van der Waals surface area (Å²) in [7, 11) is 0. The predicted octanol–water partition coefficient (Wildman–Crippen LogP) is 6.16. The minimum atomic E-state index is -4.70. The Morgan fingerprint density at radius 2 is 1.65 bits per heavy atom. The highest BCUT2D eigenvalue weighted by Gasteiger charge is 2.57. The Labute approximate surface area is 254 Å². The number of aromatic nitrogens is 1. The van der Waals surface area contributed by atoms with Crippen LogP contribution >= 0.6 is 34.7 Å². The third-order valence-corrected chi connectivity index (χ3v) is 10.00. The normalized spacial score (nSPS) is 19.7. The van der Waals surface area contributed by atoms with Crippen LogP contribution in [0.5, 0.6) is 0 Å². The number of rotatable bonds is 5. The van der Waals surface area contributed by atoms with Crippen molar-refractivity contribution in [3.05, 3.63) is 109 Å². The second-order valence-corrected chi connectivity index (χ2v) is 12.4. The molecule has 3 aromatic carbocycles. The van der Waals surface area contributed by atoms with Crippen molar-refractivity contribution in [2.45, 2.75) is 28.9 Å². The minimum absolute atomic E-state index is 0.235. The summed E-state index contributed by atoms with van der Waals surface area (Å²) in [5.74, 6) is -4.57. The van der Waals surface area contributed by atoms with Gasteiger partial charge in [-0.25, -0.2) is 9.29 Å². The highest BCUT2D eigenvalue weighted by molar-refractivity contribution is 8.00. The first-order valence-corrected chi connectivity index (χ1v) is 14.8. The van der Waals surface area contributed by atoms with Gasteiger partial charge < -0.3 is 5.32 Å². The summed E-state index contributed by atoms with van der Waals surface area (Å²) in [6.07, 6.45) is -4.70. The highest BCUT2D eigenvalue weighted by atomic mass is 35.5. The topological polar surface area (TPSA) is 88.5 Å². The zero-order valence-corrected chi connectivity index (χ0v) is 24.0. The first-order valence-electron chi connectivity index (χ1n) is 12.7. The van der Waals surface area contributed by atoms with Crippen LogP contribution in [-0.4, -0.2) is 27.5 Å². The second-order valence-electron chi connectivity index (χ2n) is 9.83. The number of thiazole rings is 1. The maximum atomic E-state index is 13.9. The largest absolute Gasteiger partial charge is 0.416 e. The third-order valence-electron chi connectivity index (χ3n) is 7.14. The van der Waals surface area contributed by atoms with Crippen LogP contribution in [0.2, 0.25) is 5.02 Å². The number of imide groups is 1. The Morgan fingerprint density at radius 1 is 0.953 bits per heavy atom. The van der Waals surface area contributed by atoms with Crippen LogP contribution in [0.3, 0.4) is 0 Å². The molecule has 1 saturated heterocycles. The molecule has 0 radical (unpaired) electrons. The SMILES string of the molecule is O=C(Cn1c2c(sc1=O)[C@@H](c1ccc(F)cc1)[C@@H]1C(=O)N(c3cccc(C(F)(F)F)c3)C(=O)[C@@H]1S2)Nc1ccc(Cl)cc1. The molecule has 2 aliphatic rings. The number of amides is 3. The fourth-order valence-electron chi connectivity index (χ4n) is 5.24. The van der Waals surface area contributed by atoms with Gasteiger partial charge in [0.1, 0.15) is 17.6 Å². The highest BCUT2D eigenvalue weighted by Crippen LogP contribution is 2.54. The number of hydrogen-bond acceptors (Lipinski definition) is 6. The molecule has 6 rings (SSSR count). The molecule has 43 heavy (non-hydrogen) atoms. The van der Waals surface area contributed by atoms with E-state index >= 15 is 0 Å². The Hall–Kier alpha value is -3.94. The van der Waals surface area contributed by atoms with Gasteiger partial charge in [0.05, 0.1) is 22.2 Å². The molecule has 14 heteroatoms. The molecule has 0 bridgehead atoms. The average Bonchev–Trinajstić information content (AvgIpc) is 3.40. The predicted molar refractivity (Wildman–Crippen MR) is 154 cm³/mol. The molecule has 1 N–H and O–H groups in total. The average molecular weight is 648 g/mol. The number of thioether (sulfide) groups is 1. The summed E-state index contributed by atoms with van der Waals surface area (Å²) in [4.78, 5) is 54.3. The Kier molecular flexibility index (Phi) is 7.43. The van der Waals surface area contributed by atoms with E-state index in [2.05, 4.69) is 5.32 Å². The summed E-state index contributed by atoms with van der Waals surface area (Å²) in [6.45, 7) is -0.409. The first-order chi connectivity index (χ1) is 20.4. The molecule has 4 aromatic rings. The lowest BCUT2D eigenvalue weighted by Crippen LogP contribution is -2.33. The minimum Gasteiger partial charge on any atom is -0.325 e. The van der Waals surface area contributed by atoms with Crippen molar-refractivity contribution >= 4 is 63.8 Å². The third kappa shape index (κ3) is 5.36. The lowest BCUT2D eigenvalue weighted by Gasteiger charge is -2.30. The van der Waals surface area contributed by atoms with Crippen molar-refractivity contribution in [2.24, 2.45) is 5.92 Å². The number of fused-ring (bicyclic) bond motifs is 2. The fraction of sp³-hybridized carbons (Fsp3) is 0.172. The quantitative estimate of drug-likeness (QED) is 0.207. The Bertz CT molecular complexity index is 1820. The number of benzene rings is 3. The lowest BCUT2D eigenvalue weighted by atomic mass is 9.83. The molecule has 0 spiro atoms. The van der Waals surface area contributed by atoms with Gasteiger partial charge in [-0.3, -0.25) is 23.7 Å². The zero-order valence-electron chi connectivity index (χ0n) is 21.6. The summed E-state index contributed by atoms with van der Waals surface area (Å²) in [6, 6.07) is 15.5. The van der Waals surface area contributed by atoms with Gasteiger partial charge in [0.15, 0.2) is 0 Å². The number of alkyl halides is 3. The number of anilines is 2. The standard InChI is InChI=1S/C29H18ClF4N3O4S2/c30-16-6-10-18(11-7-16)35-20(38)13-36-27-24(43-28(36)41)21(14-4-8-17(31)9-5-14)22-23(42-27)26(40)37(25(22)39)19-3-1-2-15(12-19)29(32,33)34/h1-12,21-23H,13H2,(H,35,38)/t21-,22-,23+/m0/s1. The van der Waals surface area contributed by atoms with Crippen molar-refractivity contribution < 1.29 is 31.9 Å². The zero-order chi connectivity index (χ0) is 30.6. The van der Waals surface area contributed by atoms with E-state index in [-0.39, 0.29) is 10.7 Å². The van der Waals surface area contributed by atoms with Crippen LogP contribution in [0, 0.1) is 11.7 Å². The number of carbonyl (C=O) groups is 3. The van der Waals surface area contributed by atoms with Crippen LogP contribution < -0.4 is 15.1 Å². The van der Waals surface area contributed by atoms with E-state index in [1.54, 1.807) is 24.3 Å². The summed E-state index contributed by atoms with van der Waals surface area (Å²) < 4.78 is 55.4. The molecule has 0 unspecified atom stereocenters. The maximum absolute atomic E-state index is 13.9. The molecule has 0 saturated carbocycles. The van der Waals surface area contributed by atoms with Gasteiger partial charge in [-0.2, -0.15) is 13.2 Å². The number of carbonyl (C=O) groups excluding carboxylic acids is 3. The molecule has 7 nitrogen and oxygen atoms in total. The van der Waals surface area contributed by atoms with Gasteiger partial charge in [-0.05, 0) is 60.2 Å². The molecule has 3 atom stereocenters. The van der Waals surface area contributed by atoms with Gasteiger partial charge in [0.2, 0.25) is 17.7 Å². The molecule has 220 valence electrons. The first kappa shape index (κ1) is 29.1. The van der Waals surface area contributed by atoms with Crippen molar-refractivity contribution in [3.63, 3.8) is 0 Å². The van der Waals surface area contributed by atoms with E-state index in [1.807, 2.05) is 0 Å². The number of nitrogens with zero attached hydrogens (tertiary/aromatic N) is 2. The molecule has 0 aliphatic carbocycles. The van der Waals surface area contributed by atoms with Crippen LogP contribution in [0.15, 0.2) is 82.6 Å². The van der Waals surface area contributed by atoms with E-state index in [0.717, 1.165) is 46.2 Å². The van der Waals surface area contributed by atoms with Crippen molar-refractivity contribution in [3.8, 4) is 0 Å². The van der Waals surface area contributed by atoms with Crippen LogP contribution in [0.4, 0.5) is 28.9 Å². The van der Waals surface area contributed by atoms with Gasteiger partial charge in [-0.1, -0.05) is 52.9 Å². The van der Waals surface area contributed by atoms with E-state index in [4.69, 9.17) is 11.6 Å². The second kappa shape index (κ2) is 11.0. The van der Waals surface area contributed by atoms with Crippen molar-refractivity contribution in [1.82, 2.24) is 4.57 Å². The van der Waals surface area contributed by atoms with E-state index in [9.17, 15) is 36.7 Å². The van der Waals surface area contributed by atoms with E-state index < -0.39 is 63.8 Å². The molecule has 1 aromatic heterocycles. The maximum Gasteiger partial charge on any atom is 0.416 e. The Balaban J connectivity index is 1.40. The van der Waals surface area contributed by atoms with Crippen molar-refractivity contribution in [1.29, 1.82) is 0 Å². The van der Waals surface area contributed by atoms with Crippen LogP contribution in [0.25, 0.3) is 0 Å². The van der Waals surface area contributed by atoms with Gasteiger partial charge in [0.25, 0.3) is 0 Å². The monoisotopic (exact) mass is 647 g/mol. The Morgan fingerprint density at radius 3 is 2.33 bits per heavy atom. The summed E-state index contributed by atoms with van der Waals surface area (Å²) in [5.41, 5.74) is -0.385. The number of nitrogens with one attached hydrogen (secondary N) is 1. The van der Waals surface area contributed by atoms with Crippen molar-refractivity contribution in [2.75, 3.05) is 10.2 Å². The molecule has 3 heterocycles. The molecule has 1 fully saturated rings. The van der Waals surface area contributed by atoms with Gasteiger partial charge in [0, 0.05) is 21.5 Å². The van der Waals surface area contributed by atoms with Gasteiger partial charge in [-0.15, -0.1) is 0 Å². The summed E-state index contributed by atoms with van der Waals surface area (Å²) >= 11 is 7.60. The van der Waals surface area contributed by atoms with E-state index in [0.29, 0.717) is 21.2 Å². The molecular weight excluding hydrogens is 630 g/mol. The molecule has 3 amide bonds. The van der Waals surface area contributed by atoms with Crippen LogP contribution in [0.1, 0.15) is 21.9 Å². The molecule has 2 aliphatic heterocycles. The van der Waals surface area contributed by atoms with Gasteiger partial charge >= 0.3 is 11.0 Å². The smallest absolute Gasteiger partial charge is 0.325 e. The molecular formula is C29H18ClF4N3O4S2. The lowest BCUT2D eigenvalue weighted by molar-refractivity contribution is -0.137. The number of hydrogen-bond donors (Lipinski definition) is 1. The number of halogens is 5. The van der Waals surface area contributed by atoms with Crippen LogP contribution in [-0.2, 0) is 27.1 Å². The van der Waals surface area contributed by atoms with E-state index in [1.165, 1.54) is 34.9 Å². The summed E-state index contributed by atoms with van der Waals surface area (Å²) in [5, 5.41) is 2.30.